The van der Waals surface area contributed by atoms with Gasteiger partial charge in [0.15, 0.2) is 15.5 Å². The highest BCUT2D eigenvalue weighted by Crippen LogP contribution is 2.32. The van der Waals surface area contributed by atoms with Crippen molar-refractivity contribution in [1.29, 1.82) is 0 Å². The first-order valence-corrected chi connectivity index (χ1v) is 12.8. The molecule has 9 heteroatoms. The monoisotopic (exact) mass is 478 g/mol. The van der Waals surface area contributed by atoms with Crippen LogP contribution in [0.3, 0.4) is 0 Å². The molecule has 0 spiro atoms. The molecule has 1 N–H and O–H groups in total. The molecule has 2 aromatic heterocycles. The summed E-state index contributed by atoms with van der Waals surface area (Å²) in [5.74, 6) is -0.787. The number of carbonyl (C=O) groups excluding carboxylic acids is 1. The van der Waals surface area contributed by atoms with Crippen LogP contribution in [-0.2, 0) is 9.84 Å². The normalized spacial score (nSPS) is 17.2. The van der Waals surface area contributed by atoms with E-state index in [1.807, 2.05) is 31.2 Å². The van der Waals surface area contributed by atoms with Crippen LogP contribution in [0.5, 0.6) is 0 Å². The molecule has 1 aliphatic rings. The van der Waals surface area contributed by atoms with Gasteiger partial charge in [-0.05, 0) is 44.5 Å². The van der Waals surface area contributed by atoms with Crippen molar-refractivity contribution in [2.45, 2.75) is 26.3 Å². The number of carbonyl (C=O) groups is 1. The van der Waals surface area contributed by atoms with Crippen molar-refractivity contribution in [2.75, 3.05) is 16.8 Å². The summed E-state index contributed by atoms with van der Waals surface area (Å²) in [4.78, 5) is 18.2. The van der Waals surface area contributed by atoms with E-state index in [0.29, 0.717) is 40.1 Å². The standard InChI is InChI=1S/C25H23FN4O3S/c1-15-6-8-17(9-7-15)22-13-21(25(31)27-19-5-3-4-18(26)12-19)23-16(2)29-30(24(23)28-22)20-10-11-34(32,33)14-20/h3-9,12-13,20H,10-11,14H2,1-2H3,(H,27,31). The summed E-state index contributed by atoms with van der Waals surface area (Å²) in [6, 6.07) is 14.8. The van der Waals surface area contributed by atoms with E-state index in [9.17, 15) is 17.6 Å². The van der Waals surface area contributed by atoms with E-state index in [0.717, 1.165) is 11.1 Å². The fourth-order valence-electron chi connectivity index (χ4n) is 4.35. The number of anilines is 1. The molecule has 3 heterocycles. The number of hydrogen-bond donors (Lipinski definition) is 1. The first-order valence-electron chi connectivity index (χ1n) is 10.9. The van der Waals surface area contributed by atoms with Crippen LogP contribution >= 0.6 is 0 Å². The molecule has 1 saturated heterocycles. The van der Waals surface area contributed by atoms with Crippen LogP contribution in [0.15, 0.2) is 54.6 Å². The molecule has 5 rings (SSSR count). The van der Waals surface area contributed by atoms with Crippen molar-refractivity contribution in [2.24, 2.45) is 0 Å². The third-order valence-corrected chi connectivity index (χ3v) is 7.82. The van der Waals surface area contributed by atoms with Crippen molar-refractivity contribution >= 4 is 32.5 Å². The molecule has 0 saturated carbocycles. The van der Waals surface area contributed by atoms with E-state index >= 15 is 0 Å². The summed E-state index contributed by atoms with van der Waals surface area (Å²) in [5, 5.41) is 7.91. The zero-order valence-corrected chi connectivity index (χ0v) is 19.6. The fourth-order valence-corrected chi connectivity index (χ4v) is 6.04. The summed E-state index contributed by atoms with van der Waals surface area (Å²) in [5.41, 5.74) is 4.18. The highest BCUT2D eigenvalue weighted by Gasteiger charge is 2.32. The summed E-state index contributed by atoms with van der Waals surface area (Å²) in [7, 11) is -3.14. The quantitative estimate of drug-likeness (QED) is 0.467. The Balaban J connectivity index is 1.68. The number of benzene rings is 2. The lowest BCUT2D eigenvalue weighted by Crippen LogP contribution is -2.15. The topological polar surface area (TPSA) is 94.0 Å². The summed E-state index contributed by atoms with van der Waals surface area (Å²) >= 11 is 0. The van der Waals surface area contributed by atoms with Crippen LogP contribution in [0.2, 0.25) is 0 Å². The zero-order valence-electron chi connectivity index (χ0n) is 18.7. The molecule has 1 amide bonds. The Morgan fingerprint density at radius 2 is 1.88 bits per heavy atom. The Bertz CT molecular complexity index is 1530. The SMILES string of the molecule is Cc1ccc(-c2cc(C(=O)Nc3cccc(F)c3)c3c(C)nn(C4CCS(=O)(=O)C4)c3n2)cc1. The van der Waals surface area contributed by atoms with Gasteiger partial charge in [-0.15, -0.1) is 0 Å². The van der Waals surface area contributed by atoms with E-state index in [4.69, 9.17) is 4.98 Å². The molecule has 1 unspecified atom stereocenters. The molecule has 0 radical (unpaired) electrons. The minimum absolute atomic E-state index is 0.00944. The van der Waals surface area contributed by atoms with Crippen molar-refractivity contribution < 1.29 is 17.6 Å². The van der Waals surface area contributed by atoms with E-state index in [-0.39, 0.29) is 17.5 Å². The van der Waals surface area contributed by atoms with Gasteiger partial charge < -0.3 is 5.32 Å². The van der Waals surface area contributed by atoms with Gasteiger partial charge in [-0.2, -0.15) is 5.10 Å². The van der Waals surface area contributed by atoms with Gasteiger partial charge in [0, 0.05) is 11.3 Å². The molecule has 0 bridgehead atoms. The Morgan fingerprint density at radius 1 is 1.12 bits per heavy atom. The predicted octanol–water partition coefficient (Wildman–Crippen LogP) is 4.47. The molecule has 2 aromatic carbocycles. The first-order chi connectivity index (χ1) is 16.2. The van der Waals surface area contributed by atoms with Gasteiger partial charge in [0.1, 0.15) is 5.82 Å². The fraction of sp³-hybridized carbons (Fsp3) is 0.240. The van der Waals surface area contributed by atoms with Crippen LogP contribution < -0.4 is 5.32 Å². The molecular weight excluding hydrogens is 455 g/mol. The van der Waals surface area contributed by atoms with Crippen molar-refractivity contribution in [1.82, 2.24) is 14.8 Å². The third kappa shape index (κ3) is 4.19. The van der Waals surface area contributed by atoms with Gasteiger partial charge in [0.25, 0.3) is 5.91 Å². The highest BCUT2D eigenvalue weighted by molar-refractivity contribution is 7.91. The number of sulfone groups is 1. The molecule has 1 aliphatic heterocycles. The molecule has 0 aliphatic carbocycles. The van der Waals surface area contributed by atoms with Crippen LogP contribution in [0.4, 0.5) is 10.1 Å². The first kappa shape index (κ1) is 22.2. The van der Waals surface area contributed by atoms with E-state index < -0.39 is 21.6 Å². The third-order valence-electron chi connectivity index (χ3n) is 6.07. The van der Waals surface area contributed by atoms with E-state index in [1.165, 1.54) is 18.2 Å². The second kappa shape index (κ2) is 8.32. The van der Waals surface area contributed by atoms with Crippen LogP contribution in [0.25, 0.3) is 22.3 Å². The number of pyridine rings is 1. The lowest BCUT2D eigenvalue weighted by molar-refractivity contribution is 0.102. The Kier molecular flexibility index (Phi) is 5.44. The Morgan fingerprint density at radius 3 is 2.56 bits per heavy atom. The predicted molar refractivity (Wildman–Crippen MR) is 129 cm³/mol. The molecule has 7 nitrogen and oxygen atoms in total. The van der Waals surface area contributed by atoms with E-state index in [2.05, 4.69) is 10.4 Å². The molecule has 174 valence electrons. The largest absolute Gasteiger partial charge is 0.322 e. The van der Waals surface area contributed by atoms with Crippen LogP contribution in [0, 0.1) is 19.7 Å². The summed E-state index contributed by atoms with van der Waals surface area (Å²) < 4.78 is 39.6. The number of rotatable bonds is 4. The van der Waals surface area contributed by atoms with Crippen molar-refractivity contribution in [3.63, 3.8) is 0 Å². The van der Waals surface area contributed by atoms with Gasteiger partial charge >= 0.3 is 0 Å². The number of aryl methyl sites for hydroxylation is 2. The molecular formula is C25H23FN4O3S. The van der Waals surface area contributed by atoms with Crippen molar-refractivity contribution in [3.8, 4) is 11.3 Å². The molecule has 4 aromatic rings. The average molecular weight is 479 g/mol. The van der Waals surface area contributed by atoms with Crippen LogP contribution in [-0.4, -0.2) is 40.6 Å². The number of aromatic nitrogens is 3. The van der Waals surface area contributed by atoms with Gasteiger partial charge in [0.2, 0.25) is 0 Å². The molecule has 34 heavy (non-hydrogen) atoms. The van der Waals surface area contributed by atoms with Gasteiger partial charge in [-0.25, -0.2) is 22.5 Å². The van der Waals surface area contributed by atoms with Crippen LogP contribution in [0.1, 0.15) is 34.1 Å². The average Bonchev–Trinajstić information content (AvgIpc) is 3.32. The Hall–Kier alpha value is -3.59. The number of amides is 1. The number of nitrogens with zero attached hydrogens (tertiary/aromatic N) is 3. The minimum atomic E-state index is -3.14. The van der Waals surface area contributed by atoms with Gasteiger partial charge in [0.05, 0.1) is 39.9 Å². The Labute approximate surface area is 196 Å². The van der Waals surface area contributed by atoms with Gasteiger partial charge in [-0.1, -0.05) is 35.9 Å². The highest BCUT2D eigenvalue weighted by atomic mass is 32.2. The second-order valence-electron chi connectivity index (χ2n) is 8.67. The number of hydrogen-bond acceptors (Lipinski definition) is 5. The molecule has 1 fully saturated rings. The lowest BCUT2D eigenvalue weighted by atomic mass is 10.0. The smallest absolute Gasteiger partial charge is 0.256 e. The maximum absolute atomic E-state index is 13.7. The summed E-state index contributed by atoms with van der Waals surface area (Å²) in [6.07, 6.45) is 0.444. The van der Waals surface area contributed by atoms with Crippen molar-refractivity contribution in [3.05, 3.63) is 77.2 Å². The lowest BCUT2D eigenvalue weighted by Gasteiger charge is -2.12. The molecule has 1 atom stereocenters. The van der Waals surface area contributed by atoms with Gasteiger partial charge in [-0.3, -0.25) is 4.79 Å². The number of halogens is 1. The van der Waals surface area contributed by atoms with E-state index in [1.54, 1.807) is 23.7 Å². The zero-order chi connectivity index (χ0) is 24.0. The second-order valence-corrected chi connectivity index (χ2v) is 10.9. The maximum Gasteiger partial charge on any atom is 0.256 e. The number of nitrogens with one attached hydrogen (secondary N) is 1. The number of fused-ring (bicyclic) bond motifs is 1. The summed E-state index contributed by atoms with van der Waals surface area (Å²) in [6.45, 7) is 3.76. The maximum atomic E-state index is 13.7. The minimum Gasteiger partial charge on any atom is -0.322 e.